The van der Waals surface area contributed by atoms with Crippen LogP contribution < -0.4 is 4.74 Å². The molecule has 1 aliphatic heterocycles. The smallest absolute Gasteiger partial charge is 0.138 e. The van der Waals surface area contributed by atoms with Crippen LogP contribution in [-0.4, -0.2) is 80.1 Å². The summed E-state index contributed by atoms with van der Waals surface area (Å²) in [5.74, 6) is 0.542. The quantitative estimate of drug-likeness (QED) is 0.574. The van der Waals surface area contributed by atoms with Gasteiger partial charge in [0.25, 0.3) is 0 Å². The van der Waals surface area contributed by atoms with Crippen LogP contribution in [0.3, 0.4) is 0 Å². The van der Waals surface area contributed by atoms with Gasteiger partial charge in [0.15, 0.2) is 0 Å². The van der Waals surface area contributed by atoms with E-state index in [-0.39, 0.29) is 31.4 Å². The summed E-state index contributed by atoms with van der Waals surface area (Å²) in [4.78, 5) is 4.69. The van der Waals surface area contributed by atoms with Gasteiger partial charge in [0, 0.05) is 37.7 Å². The maximum atomic E-state index is 10.3. The van der Waals surface area contributed by atoms with E-state index >= 15 is 0 Å². The molecule has 1 aromatic rings. The Kier molecular flexibility index (Phi) is 15.0. The van der Waals surface area contributed by atoms with E-state index < -0.39 is 6.10 Å². The summed E-state index contributed by atoms with van der Waals surface area (Å²) in [5.41, 5.74) is 0. The normalized spacial score (nSPS) is 15.7. The van der Waals surface area contributed by atoms with Crippen molar-refractivity contribution in [3.05, 3.63) is 28.2 Å². The number of rotatable bonds is 10. The molecule has 9 heteroatoms. The van der Waals surface area contributed by atoms with Gasteiger partial charge >= 0.3 is 0 Å². The predicted octanol–water partition coefficient (Wildman–Crippen LogP) is 3.62. The second-order valence-electron chi connectivity index (χ2n) is 6.29. The summed E-state index contributed by atoms with van der Waals surface area (Å²) < 4.78 is 11.0. The molecule has 1 aliphatic rings. The molecule has 5 nitrogen and oxygen atoms in total. The number of morpholine rings is 1. The second-order valence-corrected chi connectivity index (χ2v) is 7.14. The first-order valence-electron chi connectivity index (χ1n) is 8.87. The van der Waals surface area contributed by atoms with E-state index in [9.17, 15) is 5.11 Å². The number of halogens is 4. The van der Waals surface area contributed by atoms with Crippen molar-refractivity contribution in [1.29, 1.82) is 0 Å². The van der Waals surface area contributed by atoms with Crippen molar-refractivity contribution in [2.75, 3.05) is 59.1 Å². The molecule has 1 fully saturated rings. The Morgan fingerprint density at radius 2 is 1.93 bits per heavy atom. The predicted molar refractivity (Wildman–Crippen MR) is 116 cm³/mol. The number of hydrogen-bond donors (Lipinski definition) is 1. The maximum Gasteiger partial charge on any atom is 0.138 e. The average Bonchev–Trinajstić information content (AvgIpc) is 2.60. The Labute approximate surface area is 184 Å². The van der Waals surface area contributed by atoms with Crippen LogP contribution in [0.2, 0.25) is 10.0 Å². The lowest BCUT2D eigenvalue weighted by atomic mass is 10.3. The van der Waals surface area contributed by atoms with Crippen LogP contribution in [0.25, 0.3) is 0 Å². The fraction of sp³-hybridized carbons (Fsp3) is 0.667. The van der Waals surface area contributed by atoms with Crippen LogP contribution >= 0.6 is 48.0 Å². The molecule has 1 N–H and O–H groups in total. The molecular weight excluding hydrogens is 434 g/mol. The van der Waals surface area contributed by atoms with E-state index in [1.807, 2.05) is 0 Å². The number of aliphatic hydroxyl groups is 1. The minimum Gasteiger partial charge on any atom is -0.489 e. The van der Waals surface area contributed by atoms with E-state index in [2.05, 4.69) is 16.7 Å². The van der Waals surface area contributed by atoms with Crippen LogP contribution in [0.4, 0.5) is 0 Å². The Balaban J connectivity index is 0.00000338. The molecule has 1 unspecified atom stereocenters. The van der Waals surface area contributed by atoms with Gasteiger partial charge in [-0.1, -0.05) is 30.1 Å². The fourth-order valence-corrected chi connectivity index (χ4v) is 3.31. The molecule has 0 saturated carbocycles. The zero-order valence-corrected chi connectivity index (χ0v) is 18.8. The molecule has 27 heavy (non-hydrogen) atoms. The molecule has 0 amide bonds. The second kappa shape index (κ2) is 14.9. The van der Waals surface area contributed by atoms with Gasteiger partial charge in [-0.3, -0.25) is 9.80 Å². The van der Waals surface area contributed by atoms with E-state index in [1.165, 1.54) is 0 Å². The lowest BCUT2D eigenvalue weighted by Gasteiger charge is -2.30. The molecule has 1 heterocycles. The van der Waals surface area contributed by atoms with Crippen molar-refractivity contribution in [2.45, 2.75) is 19.4 Å². The van der Waals surface area contributed by atoms with Crippen LogP contribution in [0.5, 0.6) is 5.75 Å². The summed E-state index contributed by atoms with van der Waals surface area (Å²) in [6.45, 7) is 9.44. The fourth-order valence-electron chi connectivity index (χ4n) is 2.85. The third-order valence-corrected chi connectivity index (χ3v) is 4.70. The highest BCUT2D eigenvalue weighted by Crippen LogP contribution is 2.27. The maximum absolute atomic E-state index is 10.3. The van der Waals surface area contributed by atoms with Crippen molar-refractivity contribution in [2.24, 2.45) is 0 Å². The van der Waals surface area contributed by atoms with Crippen LogP contribution in [0, 0.1) is 0 Å². The molecule has 0 aromatic heterocycles. The molecule has 0 radical (unpaired) electrons. The SMILES string of the molecule is CCCN(CCN1CCOCC1)CC(O)COc1ccc(Cl)cc1Cl.Cl.Cl. The Hall–Kier alpha value is 0.0200. The summed E-state index contributed by atoms with van der Waals surface area (Å²) in [5, 5.41) is 11.3. The molecule has 2 rings (SSSR count). The Morgan fingerprint density at radius 3 is 2.56 bits per heavy atom. The third kappa shape index (κ3) is 10.4. The van der Waals surface area contributed by atoms with Gasteiger partial charge in [-0.25, -0.2) is 0 Å². The van der Waals surface area contributed by atoms with Gasteiger partial charge in [0.1, 0.15) is 18.5 Å². The molecule has 1 aromatic carbocycles. The molecule has 1 atom stereocenters. The van der Waals surface area contributed by atoms with E-state index in [0.717, 1.165) is 52.4 Å². The molecule has 1 saturated heterocycles. The van der Waals surface area contributed by atoms with Crippen molar-refractivity contribution >= 4 is 48.0 Å². The van der Waals surface area contributed by atoms with Gasteiger partial charge in [0.2, 0.25) is 0 Å². The lowest BCUT2D eigenvalue weighted by molar-refractivity contribution is 0.0267. The average molecular weight is 464 g/mol. The number of benzene rings is 1. The summed E-state index contributed by atoms with van der Waals surface area (Å²) >= 11 is 12.0. The standard InChI is InChI=1S/C18H28Cl2N2O3.2ClH/c1-2-5-22(7-6-21-8-10-24-11-9-21)13-16(23)14-25-18-4-3-15(19)12-17(18)20;;/h3-4,12,16,23H,2,5-11,13-14H2,1H3;2*1H. The van der Waals surface area contributed by atoms with Gasteiger partial charge in [-0.05, 0) is 31.2 Å². The van der Waals surface area contributed by atoms with Gasteiger partial charge < -0.3 is 14.6 Å². The highest BCUT2D eigenvalue weighted by molar-refractivity contribution is 6.35. The van der Waals surface area contributed by atoms with Gasteiger partial charge in [-0.2, -0.15) is 0 Å². The first-order valence-corrected chi connectivity index (χ1v) is 9.62. The number of nitrogens with zero attached hydrogens (tertiary/aromatic N) is 2. The summed E-state index contributed by atoms with van der Waals surface area (Å²) in [6.07, 6.45) is 0.489. The van der Waals surface area contributed by atoms with Crippen LogP contribution in [0.15, 0.2) is 18.2 Å². The lowest BCUT2D eigenvalue weighted by Crippen LogP contribution is -2.44. The topological polar surface area (TPSA) is 45.2 Å². The van der Waals surface area contributed by atoms with Gasteiger partial charge in [0.05, 0.1) is 18.2 Å². The zero-order valence-electron chi connectivity index (χ0n) is 15.6. The van der Waals surface area contributed by atoms with E-state index in [4.69, 9.17) is 32.7 Å². The largest absolute Gasteiger partial charge is 0.489 e. The highest BCUT2D eigenvalue weighted by atomic mass is 35.5. The van der Waals surface area contributed by atoms with Crippen molar-refractivity contribution in [3.63, 3.8) is 0 Å². The molecular formula is C18H30Cl4N2O3. The van der Waals surface area contributed by atoms with Crippen molar-refractivity contribution in [1.82, 2.24) is 9.80 Å². The Morgan fingerprint density at radius 1 is 1.22 bits per heavy atom. The first-order chi connectivity index (χ1) is 12.1. The Bertz CT molecular complexity index is 519. The van der Waals surface area contributed by atoms with E-state index in [0.29, 0.717) is 22.3 Å². The minimum atomic E-state index is -0.567. The van der Waals surface area contributed by atoms with Gasteiger partial charge in [-0.15, -0.1) is 24.8 Å². The van der Waals surface area contributed by atoms with E-state index in [1.54, 1.807) is 18.2 Å². The van der Waals surface area contributed by atoms with Crippen LogP contribution in [0.1, 0.15) is 13.3 Å². The van der Waals surface area contributed by atoms with Crippen LogP contribution in [-0.2, 0) is 4.74 Å². The molecule has 0 spiro atoms. The number of hydrogen-bond acceptors (Lipinski definition) is 5. The number of ether oxygens (including phenoxy) is 2. The van der Waals surface area contributed by atoms with Crippen molar-refractivity contribution in [3.8, 4) is 5.75 Å². The zero-order chi connectivity index (χ0) is 18.1. The van der Waals surface area contributed by atoms with Crippen molar-refractivity contribution < 1.29 is 14.6 Å². The third-order valence-electron chi connectivity index (χ3n) is 4.17. The highest BCUT2D eigenvalue weighted by Gasteiger charge is 2.16. The molecule has 158 valence electrons. The molecule has 0 aliphatic carbocycles. The first kappa shape index (κ1) is 27.0. The monoisotopic (exact) mass is 462 g/mol. The summed E-state index contributed by atoms with van der Waals surface area (Å²) in [6, 6.07) is 5.08. The molecule has 0 bridgehead atoms. The summed E-state index contributed by atoms with van der Waals surface area (Å²) in [7, 11) is 0. The number of aliphatic hydroxyl groups excluding tert-OH is 1. The minimum absolute atomic E-state index is 0.